The number of carbonyl (C=O) groups is 1. The molecule has 4 nitrogen and oxygen atoms in total. The molecule has 0 heterocycles. The lowest BCUT2D eigenvalue weighted by Gasteiger charge is -2.34. The van der Waals surface area contributed by atoms with E-state index in [1.54, 1.807) is 50.2 Å². The number of ketones is 1. The smallest absolute Gasteiger partial charge is 0.205 e. The van der Waals surface area contributed by atoms with Crippen molar-refractivity contribution >= 4 is 5.78 Å². The molecule has 24 heavy (non-hydrogen) atoms. The zero-order valence-electron chi connectivity index (χ0n) is 13.7. The van der Waals surface area contributed by atoms with Crippen LogP contribution in [-0.2, 0) is 10.2 Å². The van der Waals surface area contributed by atoms with E-state index in [1.807, 2.05) is 6.07 Å². The molecule has 0 bridgehead atoms. The highest BCUT2D eigenvalue weighted by Gasteiger charge is 2.43. The molecule has 0 aliphatic carbocycles. The topological polar surface area (TPSA) is 60.2 Å². The van der Waals surface area contributed by atoms with E-state index in [2.05, 4.69) is 0 Å². The lowest BCUT2D eigenvalue weighted by atomic mass is 9.66. The van der Waals surface area contributed by atoms with Crippen LogP contribution in [0.2, 0.25) is 0 Å². The van der Waals surface area contributed by atoms with Gasteiger partial charge in [-0.05, 0) is 23.3 Å². The van der Waals surface area contributed by atoms with Gasteiger partial charge in [0.05, 0.1) is 5.41 Å². The minimum Gasteiger partial charge on any atom is -0.298 e. The van der Waals surface area contributed by atoms with Crippen molar-refractivity contribution in [2.75, 3.05) is 6.54 Å². The predicted octanol–water partition coefficient (Wildman–Crippen LogP) is 4.00. The van der Waals surface area contributed by atoms with Crippen LogP contribution in [-0.4, -0.2) is 17.3 Å². The molecule has 0 fully saturated rings. The number of nitro groups is 1. The number of benzene rings is 2. The number of hydrogen-bond acceptors (Lipinski definition) is 3. The summed E-state index contributed by atoms with van der Waals surface area (Å²) in [5.41, 5.74) is 0.115. The Morgan fingerprint density at radius 2 is 1.62 bits per heavy atom. The predicted molar refractivity (Wildman–Crippen MR) is 89.9 cm³/mol. The van der Waals surface area contributed by atoms with E-state index in [4.69, 9.17) is 0 Å². The van der Waals surface area contributed by atoms with Crippen LogP contribution in [0.15, 0.2) is 54.6 Å². The third-order valence-electron chi connectivity index (χ3n) is 4.22. The summed E-state index contributed by atoms with van der Waals surface area (Å²) >= 11 is 0. The second-order valence-electron chi connectivity index (χ2n) is 6.10. The minimum absolute atomic E-state index is 0.0344. The number of carbonyl (C=O) groups excluding carboxylic acids is 1. The van der Waals surface area contributed by atoms with Crippen molar-refractivity contribution in [3.8, 4) is 0 Å². The van der Waals surface area contributed by atoms with Crippen molar-refractivity contribution in [1.29, 1.82) is 0 Å². The van der Waals surface area contributed by atoms with Crippen LogP contribution >= 0.6 is 0 Å². The highest BCUT2D eigenvalue weighted by molar-refractivity contribution is 5.95. The zero-order valence-corrected chi connectivity index (χ0v) is 13.7. The van der Waals surface area contributed by atoms with Crippen LogP contribution in [0.1, 0.15) is 31.4 Å². The number of Topliss-reactive ketones (excluding diaryl/α,β-unsaturated/α-hetero) is 1. The second-order valence-corrected chi connectivity index (χ2v) is 6.10. The fourth-order valence-electron chi connectivity index (χ4n) is 3.07. The van der Waals surface area contributed by atoms with Gasteiger partial charge >= 0.3 is 0 Å². The number of rotatable bonds is 7. The van der Waals surface area contributed by atoms with E-state index in [1.165, 1.54) is 12.1 Å². The monoisotopic (exact) mass is 329 g/mol. The van der Waals surface area contributed by atoms with Gasteiger partial charge in [0.25, 0.3) is 0 Å². The first-order valence-electron chi connectivity index (χ1n) is 7.85. The van der Waals surface area contributed by atoms with Crippen LogP contribution < -0.4 is 0 Å². The fraction of sp³-hybridized carbons (Fsp3) is 0.316. The van der Waals surface area contributed by atoms with Crippen LogP contribution in [0.3, 0.4) is 0 Å². The SMILES string of the molecule is CC(C)C(=O)C(CC[N+](=O)[O-])(c1ccccc1)c1ccc(F)cc1. The van der Waals surface area contributed by atoms with E-state index in [0.29, 0.717) is 11.1 Å². The number of nitrogens with zero attached hydrogens (tertiary/aromatic N) is 1. The molecule has 0 aliphatic rings. The molecule has 0 radical (unpaired) electrons. The lowest BCUT2D eigenvalue weighted by molar-refractivity contribution is -0.481. The highest BCUT2D eigenvalue weighted by Crippen LogP contribution is 2.39. The lowest BCUT2D eigenvalue weighted by Crippen LogP contribution is -2.41. The summed E-state index contributed by atoms with van der Waals surface area (Å²) in [7, 11) is 0. The molecule has 2 aromatic rings. The third kappa shape index (κ3) is 3.50. The summed E-state index contributed by atoms with van der Waals surface area (Å²) in [5, 5.41) is 11.0. The molecule has 0 amide bonds. The van der Waals surface area contributed by atoms with Gasteiger partial charge in [-0.2, -0.15) is 0 Å². The minimum atomic E-state index is -1.16. The van der Waals surface area contributed by atoms with Crippen molar-refractivity contribution in [2.24, 2.45) is 5.92 Å². The largest absolute Gasteiger partial charge is 0.298 e. The van der Waals surface area contributed by atoms with Gasteiger partial charge in [-0.3, -0.25) is 14.9 Å². The Hall–Kier alpha value is -2.56. The van der Waals surface area contributed by atoms with Crippen LogP contribution in [0.25, 0.3) is 0 Å². The second kappa shape index (κ2) is 7.34. The maximum atomic E-state index is 13.4. The molecule has 0 saturated heterocycles. The first-order valence-corrected chi connectivity index (χ1v) is 7.85. The van der Waals surface area contributed by atoms with E-state index in [-0.39, 0.29) is 24.7 Å². The van der Waals surface area contributed by atoms with Crippen molar-refractivity contribution in [1.82, 2.24) is 0 Å². The van der Waals surface area contributed by atoms with Gasteiger partial charge in [0.1, 0.15) is 5.82 Å². The van der Waals surface area contributed by atoms with Gasteiger partial charge in [-0.25, -0.2) is 4.39 Å². The maximum absolute atomic E-state index is 13.4. The summed E-state index contributed by atoms with van der Waals surface area (Å²) in [6.07, 6.45) is 0.0344. The van der Waals surface area contributed by atoms with Gasteiger partial charge in [0.15, 0.2) is 5.78 Å². The Morgan fingerprint density at radius 1 is 1.08 bits per heavy atom. The van der Waals surface area contributed by atoms with E-state index < -0.39 is 16.2 Å². The van der Waals surface area contributed by atoms with Gasteiger partial charge in [-0.1, -0.05) is 56.3 Å². The zero-order chi connectivity index (χ0) is 17.7. The molecule has 126 valence electrons. The maximum Gasteiger partial charge on any atom is 0.205 e. The van der Waals surface area contributed by atoms with Gasteiger partial charge in [-0.15, -0.1) is 0 Å². The summed E-state index contributed by atoms with van der Waals surface area (Å²) < 4.78 is 13.4. The molecule has 1 unspecified atom stereocenters. The van der Waals surface area contributed by atoms with Crippen molar-refractivity contribution in [3.05, 3.63) is 81.7 Å². The summed E-state index contributed by atoms with van der Waals surface area (Å²) in [6, 6.07) is 14.7. The van der Waals surface area contributed by atoms with Gasteiger partial charge in [0, 0.05) is 17.3 Å². The van der Waals surface area contributed by atoms with Crippen LogP contribution in [0.5, 0.6) is 0 Å². The molecule has 0 spiro atoms. The average molecular weight is 329 g/mol. The van der Waals surface area contributed by atoms with Crippen LogP contribution in [0, 0.1) is 21.8 Å². The molecule has 0 N–H and O–H groups in total. The Balaban J connectivity index is 2.69. The average Bonchev–Trinajstić information content (AvgIpc) is 2.57. The van der Waals surface area contributed by atoms with Crippen LogP contribution in [0.4, 0.5) is 4.39 Å². The normalized spacial score (nSPS) is 13.5. The van der Waals surface area contributed by atoms with Crippen molar-refractivity contribution in [3.63, 3.8) is 0 Å². The van der Waals surface area contributed by atoms with E-state index in [9.17, 15) is 19.3 Å². The molecule has 0 saturated carbocycles. The van der Waals surface area contributed by atoms with E-state index >= 15 is 0 Å². The Bertz CT molecular complexity index is 713. The Morgan fingerprint density at radius 3 is 2.12 bits per heavy atom. The molecule has 0 aromatic heterocycles. The Kier molecular flexibility index (Phi) is 5.44. The fourth-order valence-corrected chi connectivity index (χ4v) is 3.07. The third-order valence-corrected chi connectivity index (χ3v) is 4.22. The molecule has 0 aliphatic heterocycles. The van der Waals surface area contributed by atoms with E-state index in [0.717, 1.165) is 0 Å². The quantitative estimate of drug-likeness (QED) is 0.570. The molecular formula is C19H20FNO3. The van der Waals surface area contributed by atoms with Crippen molar-refractivity contribution < 1.29 is 14.1 Å². The molecule has 5 heteroatoms. The summed E-state index contributed by atoms with van der Waals surface area (Å²) in [6.45, 7) is 3.20. The highest BCUT2D eigenvalue weighted by atomic mass is 19.1. The molecule has 2 rings (SSSR count). The molecular weight excluding hydrogens is 309 g/mol. The summed E-state index contributed by atoms with van der Waals surface area (Å²) in [4.78, 5) is 23.7. The number of hydrogen-bond donors (Lipinski definition) is 0. The number of halogens is 1. The summed E-state index contributed by atoms with van der Waals surface area (Å²) in [5.74, 6) is -0.837. The van der Waals surface area contributed by atoms with Gasteiger partial charge in [0.2, 0.25) is 6.54 Å². The molecule has 2 aromatic carbocycles. The van der Waals surface area contributed by atoms with Crippen molar-refractivity contribution in [2.45, 2.75) is 25.7 Å². The first-order chi connectivity index (χ1) is 11.4. The standard InChI is InChI=1S/C19H20FNO3/c1-14(2)18(22)19(12-13-21(23)24,15-6-4-3-5-7-15)16-8-10-17(20)11-9-16/h3-11,14H,12-13H2,1-2H3. The van der Waals surface area contributed by atoms with Gasteiger partial charge < -0.3 is 0 Å². The Labute approximate surface area is 140 Å². The molecule has 1 atom stereocenters. The first kappa shape index (κ1) is 17.8.